The van der Waals surface area contributed by atoms with Crippen LogP contribution in [0.3, 0.4) is 0 Å². The van der Waals surface area contributed by atoms with E-state index in [2.05, 4.69) is 9.88 Å². The molecule has 44 heavy (non-hydrogen) atoms. The lowest BCUT2D eigenvalue weighted by Crippen LogP contribution is -2.41. The lowest BCUT2D eigenvalue weighted by atomic mass is 10.1. The summed E-state index contributed by atoms with van der Waals surface area (Å²) >= 11 is 0. The summed E-state index contributed by atoms with van der Waals surface area (Å²) in [7, 11) is 1.56. The molecule has 2 N–H and O–H groups in total. The number of methoxy groups -OCH3 is 1. The zero-order valence-corrected chi connectivity index (χ0v) is 24.8. The third kappa shape index (κ3) is 7.62. The van der Waals surface area contributed by atoms with Crippen LogP contribution in [0, 0.1) is 5.82 Å². The van der Waals surface area contributed by atoms with E-state index in [9.17, 15) is 9.59 Å². The smallest absolute Gasteiger partial charge is 0.316 e. The lowest BCUT2D eigenvalue weighted by molar-refractivity contribution is -0.135. The summed E-state index contributed by atoms with van der Waals surface area (Å²) < 4.78 is 33.1. The Morgan fingerprint density at radius 1 is 0.955 bits per heavy atom. The number of hydrogen-bond donors (Lipinski definition) is 1. The van der Waals surface area contributed by atoms with Gasteiger partial charge in [-0.15, -0.1) is 0 Å². The zero-order chi connectivity index (χ0) is 30.9. The topological polar surface area (TPSA) is 107 Å². The molecule has 0 spiro atoms. The first-order valence-electron chi connectivity index (χ1n) is 14.9. The minimum atomic E-state index is -1.12. The van der Waals surface area contributed by atoms with Gasteiger partial charge in [-0.2, -0.15) is 0 Å². The van der Waals surface area contributed by atoms with Gasteiger partial charge in [-0.3, -0.25) is 14.6 Å². The number of fused-ring (bicyclic) bond motifs is 1. The maximum Gasteiger partial charge on any atom is 0.316 e. The number of nitrogens with zero attached hydrogens (tertiary/aromatic N) is 3. The molecule has 0 unspecified atom stereocenters. The number of amides is 2. The summed E-state index contributed by atoms with van der Waals surface area (Å²) in [6.45, 7) is 3.98. The number of carbonyl (C=O) groups excluding carboxylic acids is 2. The van der Waals surface area contributed by atoms with Crippen molar-refractivity contribution in [3.63, 3.8) is 0 Å². The molecule has 4 aromatic rings. The van der Waals surface area contributed by atoms with E-state index in [0.717, 1.165) is 37.7 Å². The van der Waals surface area contributed by atoms with Crippen molar-refractivity contribution in [2.75, 3.05) is 44.8 Å². The number of anilines is 1. The second kappa shape index (κ2) is 14.7. The number of primary amides is 1. The summed E-state index contributed by atoms with van der Waals surface area (Å²) in [6, 6.07) is 18.7. The zero-order valence-electron chi connectivity index (χ0n) is 24.8. The number of piperidine rings is 1. The van der Waals surface area contributed by atoms with Crippen LogP contribution in [0.5, 0.6) is 23.0 Å². The molecule has 0 radical (unpaired) electrons. The molecule has 230 valence electrons. The monoisotopic (exact) mass is 600 g/mol. The quantitative estimate of drug-likeness (QED) is 0.169. The average molecular weight is 601 g/mol. The number of pyridine rings is 1. The molecule has 2 amide bonds. The van der Waals surface area contributed by atoms with Crippen molar-refractivity contribution in [1.82, 2.24) is 9.88 Å². The molecule has 1 fully saturated rings. The number of aromatic nitrogens is 1. The molecular weight excluding hydrogens is 563 g/mol. The molecule has 0 aliphatic carbocycles. The fourth-order valence-electron chi connectivity index (χ4n) is 5.37. The van der Waals surface area contributed by atoms with Gasteiger partial charge >= 0.3 is 11.8 Å². The SMILES string of the molecule is COc1cc2c(Oc3ccc(N(CCc4ccccc4)C(=O)C(N)=O)cc3F)ccnc2cc1OCCCN1CCCCC1. The first kappa shape index (κ1) is 30.7. The van der Waals surface area contributed by atoms with Crippen molar-refractivity contribution in [3.8, 4) is 23.0 Å². The number of rotatable bonds is 12. The van der Waals surface area contributed by atoms with Gasteiger partial charge in [0, 0.05) is 42.5 Å². The second-order valence-corrected chi connectivity index (χ2v) is 10.7. The Kier molecular flexibility index (Phi) is 10.2. The Bertz CT molecular complexity index is 1590. The van der Waals surface area contributed by atoms with Crippen LogP contribution >= 0.6 is 0 Å². The van der Waals surface area contributed by atoms with Crippen LogP contribution in [0.25, 0.3) is 10.9 Å². The highest BCUT2D eigenvalue weighted by Crippen LogP contribution is 2.38. The minimum absolute atomic E-state index is 0.0622. The van der Waals surface area contributed by atoms with Gasteiger partial charge in [0.2, 0.25) is 0 Å². The van der Waals surface area contributed by atoms with Crippen molar-refractivity contribution in [2.45, 2.75) is 32.1 Å². The predicted molar refractivity (Wildman–Crippen MR) is 167 cm³/mol. The second-order valence-electron chi connectivity index (χ2n) is 10.7. The van der Waals surface area contributed by atoms with E-state index in [0.29, 0.717) is 41.2 Å². The third-order valence-electron chi connectivity index (χ3n) is 7.68. The number of halogens is 1. The molecule has 1 aliphatic heterocycles. The Labute approximate surface area is 256 Å². The maximum absolute atomic E-state index is 15.4. The molecule has 0 saturated carbocycles. The largest absolute Gasteiger partial charge is 0.493 e. The van der Waals surface area contributed by atoms with Crippen molar-refractivity contribution in [1.29, 1.82) is 0 Å². The molecule has 0 atom stereocenters. The van der Waals surface area contributed by atoms with E-state index in [4.69, 9.17) is 19.9 Å². The molecule has 1 aliphatic rings. The first-order chi connectivity index (χ1) is 21.4. The standard InChI is InChI=1S/C34H37FN4O5/c1-42-31-22-26-28(23-32(31)43-20-8-18-38-16-6-3-7-17-38)37-15-13-29(26)44-30-12-11-25(21-27(30)35)39(34(41)33(36)40)19-14-24-9-4-2-5-10-24/h2,4-5,9-13,15,21-23H,3,6-8,14,16-20H2,1H3,(H2,36,40). The third-order valence-corrected chi connectivity index (χ3v) is 7.68. The molecule has 1 aromatic heterocycles. The van der Waals surface area contributed by atoms with Crippen LogP contribution < -0.4 is 24.8 Å². The summed E-state index contributed by atoms with van der Waals surface area (Å²) in [5.74, 6) is -1.36. The number of likely N-dealkylation sites (tertiary alicyclic amines) is 1. The molecule has 0 bridgehead atoms. The maximum atomic E-state index is 15.4. The minimum Gasteiger partial charge on any atom is -0.493 e. The summed E-state index contributed by atoms with van der Waals surface area (Å²) in [6.07, 6.45) is 6.75. The molecule has 3 aromatic carbocycles. The Morgan fingerprint density at radius 3 is 2.48 bits per heavy atom. The summed E-state index contributed by atoms with van der Waals surface area (Å²) in [5, 5.41) is 0.613. The van der Waals surface area contributed by atoms with E-state index in [1.165, 1.54) is 36.3 Å². The normalized spacial score (nSPS) is 13.4. The van der Waals surface area contributed by atoms with Crippen LogP contribution in [0.4, 0.5) is 10.1 Å². The highest BCUT2D eigenvalue weighted by molar-refractivity contribution is 6.39. The van der Waals surface area contributed by atoms with Gasteiger partial charge in [0.15, 0.2) is 23.1 Å². The number of nitrogens with two attached hydrogens (primary N) is 1. The van der Waals surface area contributed by atoms with Gasteiger partial charge in [-0.1, -0.05) is 36.8 Å². The Balaban J connectivity index is 1.31. The van der Waals surface area contributed by atoms with Crippen LogP contribution in [0.2, 0.25) is 0 Å². The van der Waals surface area contributed by atoms with E-state index < -0.39 is 17.6 Å². The van der Waals surface area contributed by atoms with Crippen LogP contribution in [-0.4, -0.2) is 61.6 Å². The number of benzene rings is 3. The fraction of sp³-hybridized carbons (Fsp3) is 0.324. The van der Waals surface area contributed by atoms with Crippen molar-refractivity contribution < 1.29 is 28.2 Å². The van der Waals surface area contributed by atoms with E-state index >= 15 is 4.39 Å². The van der Waals surface area contributed by atoms with Gasteiger partial charge < -0.3 is 29.7 Å². The van der Waals surface area contributed by atoms with Crippen LogP contribution in [-0.2, 0) is 16.0 Å². The molecule has 2 heterocycles. The Hall–Kier alpha value is -4.70. The number of hydrogen-bond acceptors (Lipinski definition) is 7. The van der Waals surface area contributed by atoms with Gasteiger partial charge in [0.1, 0.15) is 5.75 Å². The molecule has 1 saturated heterocycles. The summed E-state index contributed by atoms with van der Waals surface area (Å²) in [5.41, 5.74) is 7.04. The lowest BCUT2D eigenvalue weighted by Gasteiger charge is -2.26. The van der Waals surface area contributed by atoms with Gasteiger partial charge in [-0.25, -0.2) is 4.39 Å². The van der Waals surface area contributed by atoms with Crippen molar-refractivity contribution in [3.05, 3.63) is 84.3 Å². The first-order valence-corrected chi connectivity index (χ1v) is 14.9. The number of ether oxygens (including phenoxy) is 3. The molecule has 10 heteroatoms. The van der Waals surface area contributed by atoms with Crippen LogP contribution in [0.15, 0.2) is 72.9 Å². The van der Waals surface area contributed by atoms with Gasteiger partial charge in [0.05, 0.1) is 19.2 Å². The van der Waals surface area contributed by atoms with E-state index in [1.54, 1.807) is 31.5 Å². The number of carbonyl (C=O) groups is 2. The predicted octanol–water partition coefficient (Wildman–Crippen LogP) is 5.49. The van der Waals surface area contributed by atoms with Gasteiger partial charge in [0.25, 0.3) is 0 Å². The van der Waals surface area contributed by atoms with Crippen LogP contribution in [0.1, 0.15) is 31.2 Å². The van der Waals surface area contributed by atoms with E-state index in [-0.39, 0.29) is 18.0 Å². The fourth-order valence-corrected chi connectivity index (χ4v) is 5.37. The Morgan fingerprint density at radius 2 is 1.75 bits per heavy atom. The highest BCUT2D eigenvalue weighted by Gasteiger charge is 2.22. The average Bonchev–Trinajstić information content (AvgIpc) is 3.05. The van der Waals surface area contributed by atoms with Crippen molar-refractivity contribution >= 4 is 28.4 Å². The van der Waals surface area contributed by atoms with E-state index in [1.807, 2.05) is 30.3 Å². The van der Waals surface area contributed by atoms with Gasteiger partial charge in [-0.05, 0) is 68.6 Å². The molecule has 9 nitrogen and oxygen atoms in total. The highest BCUT2D eigenvalue weighted by atomic mass is 19.1. The molecular formula is C34H37FN4O5. The summed E-state index contributed by atoms with van der Waals surface area (Å²) in [4.78, 5) is 32.5. The van der Waals surface area contributed by atoms with Crippen molar-refractivity contribution in [2.24, 2.45) is 5.73 Å². The molecule has 5 rings (SSSR count).